The molecular weight excluding hydrogens is 208 g/mol. The molecule has 0 aromatic heterocycles. The Balaban J connectivity index is 2.54. The third kappa shape index (κ3) is 4.59. The van der Waals surface area contributed by atoms with E-state index in [0.717, 1.165) is 18.5 Å². The van der Waals surface area contributed by atoms with Crippen molar-refractivity contribution in [2.24, 2.45) is 11.7 Å². The smallest absolute Gasteiger partial charge is 0.0138 e. The molecule has 0 bridgehead atoms. The molecule has 2 heteroatoms. The lowest BCUT2D eigenvalue weighted by molar-refractivity contribution is 0.0767. The summed E-state index contributed by atoms with van der Waals surface area (Å²) in [6, 6.07) is 1.43. The Kier molecular flexibility index (Phi) is 7.14. The fourth-order valence-electron chi connectivity index (χ4n) is 3.25. The van der Waals surface area contributed by atoms with Gasteiger partial charge in [0.15, 0.2) is 0 Å². The van der Waals surface area contributed by atoms with E-state index in [2.05, 4.69) is 25.7 Å². The van der Waals surface area contributed by atoms with Gasteiger partial charge < -0.3 is 5.73 Å². The predicted molar refractivity (Wildman–Crippen MR) is 76.2 cm³/mol. The Hall–Kier alpha value is -0.0800. The highest BCUT2D eigenvalue weighted by Gasteiger charge is 2.30. The monoisotopic (exact) mass is 240 g/mol. The molecule has 2 atom stereocenters. The zero-order chi connectivity index (χ0) is 12.7. The van der Waals surface area contributed by atoms with Gasteiger partial charge in [0.2, 0.25) is 0 Å². The van der Waals surface area contributed by atoms with Gasteiger partial charge in [0.25, 0.3) is 0 Å². The van der Waals surface area contributed by atoms with Crippen LogP contribution in [0.3, 0.4) is 0 Å². The normalized spacial score (nSPS) is 25.8. The first-order valence-electron chi connectivity index (χ1n) is 7.66. The molecule has 0 aromatic carbocycles. The van der Waals surface area contributed by atoms with Gasteiger partial charge in [-0.05, 0) is 52.1 Å². The van der Waals surface area contributed by atoms with E-state index in [-0.39, 0.29) is 0 Å². The molecule has 0 aromatic rings. The summed E-state index contributed by atoms with van der Waals surface area (Å²) in [5.74, 6) is 0.743. The molecule has 1 rings (SSSR count). The molecule has 0 heterocycles. The second-order valence-electron chi connectivity index (χ2n) is 5.89. The van der Waals surface area contributed by atoms with Gasteiger partial charge in [-0.25, -0.2) is 0 Å². The van der Waals surface area contributed by atoms with Crippen molar-refractivity contribution in [3.05, 3.63) is 0 Å². The quantitative estimate of drug-likeness (QED) is 0.691. The number of unbranched alkanes of at least 4 members (excludes halogenated alkanes) is 2. The lowest BCUT2D eigenvalue weighted by Crippen LogP contribution is -2.48. The summed E-state index contributed by atoms with van der Waals surface area (Å²) in [5, 5.41) is 0. The van der Waals surface area contributed by atoms with Gasteiger partial charge in [0, 0.05) is 12.1 Å². The Labute approximate surface area is 108 Å². The number of hydrogen-bond acceptors (Lipinski definition) is 2. The van der Waals surface area contributed by atoms with Crippen molar-refractivity contribution in [1.29, 1.82) is 0 Å². The zero-order valence-corrected chi connectivity index (χ0v) is 12.1. The van der Waals surface area contributed by atoms with Gasteiger partial charge in [-0.2, -0.15) is 0 Å². The highest BCUT2D eigenvalue weighted by Crippen LogP contribution is 2.29. The maximum Gasteiger partial charge on any atom is 0.0138 e. The summed E-state index contributed by atoms with van der Waals surface area (Å²) in [7, 11) is 0. The van der Waals surface area contributed by atoms with E-state index in [4.69, 9.17) is 5.73 Å². The molecule has 1 aliphatic carbocycles. The molecule has 17 heavy (non-hydrogen) atoms. The van der Waals surface area contributed by atoms with Crippen molar-refractivity contribution >= 4 is 0 Å². The van der Waals surface area contributed by atoms with Crippen molar-refractivity contribution in [1.82, 2.24) is 4.90 Å². The van der Waals surface area contributed by atoms with Crippen LogP contribution in [0.1, 0.15) is 65.7 Å². The van der Waals surface area contributed by atoms with Crippen LogP contribution >= 0.6 is 0 Å². The molecule has 0 radical (unpaired) electrons. The Bertz CT molecular complexity index is 191. The van der Waals surface area contributed by atoms with Crippen LogP contribution < -0.4 is 5.73 Å². The van der Waals surface area contributed by atoms with E-state index in [0.29, 0.717) is 6.04 Å². The SMILES string of the molecule is CCCCCN(C(C)C)C1CCCCC1CN. The van der Waals surface area contributed by atoms with Crippen LogP contribution in [0.25, 0.3) is 0 Å². The summed E-state index contributed by atoms with van der Waals surface area (Å²) < 4.78 is 0. The van der Waals surface area contributed by atoms with E-state index < -0.39 is 0 Å². The van der Waals surface area contributed by atoms with E-state index in [1.165, 1.54) is 51.5 Å². The lowest BCUT2D eigenvalue weighted by atomic mass is 9.83. The second kappa shape index (κ2) is 8.10. The third-order valence-corrected chi connectivity index (χ3v) is 4.28. The molecule has 1 saturated carbocycles. The van der Waals surface area contributed by atoms with Crippen LogP contribution in [0, 0.1) is 5.92 Å². The molecule has 0 saturated heterocycles. The molecule has 0 aliphatic heterocycles. The third-order valence-electron chi connectivity index (χ3n) is 4.28. The van der Waals surface area contributed by atoms with Crippen LogP contribution in [0.15, 0.2) is 0 Å². The molecule has 1 fully saturated rings. The summed E-state index contributed by atoms with van der Waals surface area (Å²) in [6.07, 6.45) is 9.53. The first kappa shape index (κ1) is 15.0. The largest absolute Gasteiger partial charge is 0.330 e. The van der Waals surface area contributed by atoms with Crippen molar-refractivity contribution in [3.63, 3.8) is 0 Å². The lowest BCUT2D eigenvalue weighted by Gasteiger charge is -2.42. The minimum absolute atomic E-state index is 0.670. The Morgan fingerprint density at radius 3 is 2.47 bits per heavy atom. The van der Waals surface area contributed by atoms with E-state index in [1.54, 1.807) is 0 Å². The number of nitrogens with zero attached hydrogens (tertiary/aromatic N) is 1. The van der Waals surface area contributed by atoms with E-state index in [9.17, 15) is 0 Å². The number of nitrogens with two attached hydrogens (primary N) is 1. The average molecular weight is 240 g/mol. The van der Waals surface area contributed by atoms with Crippen LogP contribution in [0.4, 0.5) is 0 Å². The topological polar surface area (TPSA) is 29.3 Å². The minimum Gasteiger partial charge on any atom is -0.330 e. The van der Waals surface area contributed by atoms with Crippen molar-refractivity contribution in [2.45, 2.75) is 77.8 Å². The van der Waals surface area contributed by atoms with E-state index >= 15 is 0 Å². The molecule has 2 unspecified atom stereocenters. The van der Waals surface area contributed by atoms with Crippen molar-refractivity contribution < 1.29 is 0 Å². The van der Waals surface area contributed by atoms with Gasteiger partial charge in [0.05, 0.1) is 0 Å². The maximum atomic E-state index is 5.96. The Morgan fingerprint density at radius 2 is 1.88 bits per heavy atom. The minimum atomic E-state index is 0.670. The van der Waals surface area contributed by atoms with Crippen LogP contribution in [-0.4, -0.2) is 30.1 Å². The number of hydrogen-bond donors (Lipinski definition) is 1. The fourth-order valence-corrected chi connectivity index (χ4v) is 3.25. The van der Waals surface area contributed by atoms with Crippen LogP contribution in [-0.2, 0) is 0 Å². The van der Waals surface area contributed by atoms with Gasteiger partial charge in [-0.15, -0.1) is 0 Å². The molecule has 102 valence electrons. The molecule has 1 aliphatic rings. The Morgan fingerprint density at radius 1 is 1.18 bits per heavy atom. The highest BCUT2D eigenvalue weighted by atomic mass is 15.2. The standard InChI is InChI=1S/C15H32N2/c1-4-5-8-11-17(13(2)3)15-10-7-6-9-14(15)12-16/h13-15H,4-12,16H2,1-3H3. The molecule has 0 amide bonds. The first-order valence-corrected chi connectivity index (χ1v) is 7.66. The van der Waals surface area contributed by atoms with Crippen LogP contribution in [0.5, 0.6) is 0 Å². The van der Waals surface area contributed by atoms with E-state index in [1.807, 2.05) is 0 Å². The summed E-state index contributed by atoms with van der Waals surface area (Å²) in [4.78, 5) is 2.73. The van der Waals surface area contributed by atoms with Gasteiger partial charge >= 0.3 is 0 Å². The van der Waals surface area contributed by atoms with Crippen molar-refractivity contribution in [2.75, 3.05) is 13.1 Å². The summed E-state index contributed by atoms with van der Waals surface area (Å²) in [5.41, 5.74) is 5.96. The highest BCUT2D eigenvalue weighted by molar-refractivity contribution is 4.85. The fraction of sp³-hybridized carbons (Fsp3) is 1.00. The molecule has 2 nitrogen and oxygen atoms in total. The predicted octanol–water partition coefficient (Wildman–Crippen LogP) is 3.40. The molecule has 0 spiro atoms. The average Bonchev–Trinajstić information content (AvgIpc) is 2.34. The molecular formula is C15H32N2. The number of rotatable bonds is 7. The van der Waals surface area contributed by atoms with Crippen LogP contribution in [0.2, 0.25) is 0 Å². The second-order valence-corrected chi connectivity index (χ2v) is 5.89. The maximum absolute atomic E-state index is 5.96. The van der Waals surface area contributed by atoms with Gasteiger partial charge in [-0.1, -0.05) is 32.6 Å². The first-order chi connectivity index (χ1) is 8.20. The summed E-state index contributed by atoms with van der Waals surface area (Å²) >= 11 is 0. The zero-order valence-electron chi connectivity index (χ0n) is 12.1. The van der Waals surface area contributed by atoms with Crippen molar-refractivity contribution in [3.8, 4) is 0 Å². The van der Waals surface area contributed by atoms with Gasteiger partial charge in [0.1, 0.15) is 0 Å². The van der Waals surface area contributed by atoms with Gasteiger partial charge in [-0.3, -0.25) is 4.90 Å². The summed E-state index contributed by atoms with van der Waals surface area (Å²) in [6.45, 7) is 9.11. The molecule has 2 N–H and O–H groups in total.